The van der Waals surface area contributed by atoms with Crippen LogP contribution in [0.5, 0.6) is 0 Å². The van der Waals surface area contributed by atoms with E-state index in [1.807, 2.05) is 31.2 Å². The van der Waals surface area contributed by atoms with Gasteiger partial charge in [0.1, 0.15) is 6.61 Å². The predicted molar refractivity (Wildman–Crippen MR) is 85.5 cm³/mol. The molecule has 0 aliphatic rings. The highest BCUT2D eigenvalue weighted by Crippen LogP contribution is 2.17. The molecule has 4 nitrogen and oxygen atoms in total. The Morgan fingerprint density at radius 2 is 1.76 bits per heavy atom. The number of ether oxygens (including phenoxy) is 1. The van der Waals surface area contributed by atoms with Gasteiger partial charge in [-0.3, -0.25) is 0 Å². The summed E-state index contributed by atoms with van der Waals surface area (Å²) in [4.78, 5) is 12.2. The van der Waals surface area contributed by atoms with E-state index in [4.69, 9.17) is 16.2 Å². The second-order valence-electron chi connectivity index (χ2n) is 4.66. The van der Waals surface area contributed by atoms with Gasteiger partial charge in [0.05, 0.1) is 5.56 Å². The minimum atomic E-state index is -0.396. The van der Waals surface area contributed by atoms with Crippen molar-refractivity contribution in [3.63, 3.8) is 0 Å². The van der Waals surface area contributed by atoms with Crippen molar-refractivity contribution in [1.29, 1.82) is 0 Å². The Bertz CT molecular complexity index is 661. The van der Waals surface area contributed by atoms with Crippen LogP contribution in [0.1, 0.15) is 28.4 Å². The Kier molecular flexibility index (Phi) is 4.61. The molecule has 0 saturated heterocycles. The lowest BCUT2D eigenvalue weighted by atomic mass is 10.1. The smallest absolute Gasteiger partial charge is 0.339 e. The highest BCUT2D eigenvalue weighted by atomic mass is 16.5. The van der Waals surface area contributed by atoms with Crippen molar-refractivity contribution in [2.45, 2.75) is 13.5 Å². The van der Waals surface area contributed by atoms with Crippen LogP contribution in [-0.4, -0.2) is 5.97 Å². The molecule has 4 N–H and O–H groups in total. The third-order valence-electron chi connectivity index (χ3n) is 2.99. The molecule has 108 valence electrons. The van der Waals surface area contributed by atoms with Gasteiger partial charge >= 0.3 is 5.97 Å². The van der Waals surface area contributed by atoms with E-state index in [0.717, 1.165) is 11.1 Å². The molecule has 4 heteroatoms. The largest absolute Gasteiger partial charge is 0.457 e. The van der Waals surface area contributed by atoms with Gasteiger partial charge in [0.2, 0.25) is 0 Å². The maximum absolute atomic E-state index is 12.2. The number of carbonyl (C=O) groups excluding carboxylic acids is 1. The minimum absolute atomic E-state index is 0.198. The van der Waals surface area contributed by atoms with Crippen molar-refractivity contribution in [3.8, 4) is 0 Å². The van der Waals surface area contributed by atoms with E-state index >= 15 is 0 Å². The second kappa shape index (κ2) is 6.61. The number of esters is 1. The molecule has 0 bridgehead atoms. The normalized spacial score (nSPS) is 10.7. The summed E-state index contributed by atoms with van der Waals surface area (Å²) in [5, 5.41) is 0. The molecule has 0 aliphatic carbocycles. The van der Waals surface area contributed by atoms with Gasteiger partial charge < -0.3 is 16.2 Å². The quantitative estimate of drug-likeness (QED) is 0.666. The standard InChI is InChI=1S/C17H18N2O2/c1-2-3-13-6-9-15(19)10-16(13)17(20)21-11-12-4-7-14(18)8-5-12/h2-10H,11,18-19H2,1H3/b3-2+. The van der Waals surface area contributed by atoms with Gasteiger partial charge in [-0.05, 0) is 42.3 Å². The Morgan fingerprint density at radius 3 is 2.43 bits per heavy atom. The van der Waals surface area contributed by atoms with Crippen LogP contribution in [0.4, 0.5) is 11.4 Å². The third kappa shape index (κ3) is 3.86. The topological polar surface area (TPSA) is 78.3 Å². The fourth-order valence-electron chi connectivity index (χ4n) is 1.92. The molecular weight excluding hydrogens is 264 g/mol. The number of nitrogens with two attached hydrogens (primary N) is 2. The zero-order valence-electron chi connectivity index (χ0n) is 11.9. The van der Waals surface area contributed by atoms with E-state index in [1.54, 1.807) is 30.3 Å². The summed E-state index contributed by atoms with van der Waals surface area (Å²) in [7, 11) is 0. The lowest BCUT2D eigenvalue weighted by Crippen LogP contribution is -2.08. The monoisotopic (exact) mass is 282 g/mol. The van der Waals surface area contributed by atoms with E-state index < -0.39 is 5.97 Å². The number of hydrogen-bond acceptors (Lipinski definition) is 4. The first-order chi connectivity index (χ1) is 10.1. The minimum Gasteiger partial charge on any atom is -0.457 e. The van der Waals surface area contributed by atoms with Crippen molar-refractivity contribution in [3.05, 3.63) is 65.2 Å². The molecule has 0 aromatic heterocycles. The third-order valence-corrected chi connectivity index (χ3v) is 2.99. The fraction of sp³-hybridized carbons (Fsp3) is 0.118. The van der Waals surface area contributed by atoms with Crippen LogP contribution in [0, 0.1) is 0 Å². The zero-order valence-corrected chi connectivity index (χ0v) is 11.9. The summed E-state index contributed by atoms with van der Waals surface area (Å²) in [5.74, 6) is -0.396. The predicted octanol–water partition coefficient (Wildman–Crippen LogP) is 3.24. The fourth-order valence-corrected chi connectivity index (χ4v) is 1.92. The Balaban J connectivity index is 2.13. The molecule has 0 atom stereocenters. The molecule has 0 fully saturated rings. The number of benzene rings is 2. The lowest BCUT2D eigenvalue weighted by molar-refractivity contribution is 0.0472. The van der Waals surface area contributed by atoms with E-state index in [2.05, 4.69) is 0 Å². The average molecular weight is 282 g/mol. The van der Waals surface area contributed by atoms with Crippen molar-refractivity contribution in [2.24, 2.45) is 0 Å². The molecule has 21 heavy (non-hydrogen) atoms. The highest BCUT2D eigenvalue weighted by Gasteiger charge is 2.12. The summed E-state index contributed by atoms with van der Waals surface area (Å²) in [6, 6.07) is 12.4. The van der Waals surface area contributed by atoms with Gasteiger partial charge in [-0.2, -0.15) is 0 Å². The number of anilines is 2. The maximum Gasteiger partial charge on any atom is 0.339 e. The van der Waals surface area contributed by atoms with E-state index in [0.29, 0.717) is 16.9 Å². The van der Waals surface area contributed by atoms with Gasteiger partial charge in [-0.25, -0.2) is 4.79 Å². The molecule has 0 unspecified atom stereocenters. The van der Waals surface area contributed by atoms with Crippen LogP contribution < -0.4 is 11.5 Å². The summed E-state index contributed by atoms with van der Waals surface area (Å²) in [5.41, 5.74) is 14.7. The van der Waals surface area contributed by atoms with Gasteiger partial charge in [0, 0.05) is 11.4 Å². The first-order valence-corrected chi connectivity index (χ1v) is 6.64. The van der Waals surface area contributed by atoms with Crippen molar-refractivity contribution in [2.75, 3.05) is 11.5 Å². The van der Waals surface area contributed by atoms with E-state index in [1.165, 1.54) is 0 Å². The summed E-state index contributed by atoms with van der Waals surface area (Å²) in [6.07, 6.45) is 3.71. The van der Waals surface area contributed by atoms with Crippen LogP contribution in [-0.2, 0) is 11.3 Å². The number of carbonyl (C=O) groups is 1. The van der Waals surface area contributed by atoms with Crippen LogP contribution in [0.15, 0.2) is 48.5 Å². The van der Waals surface area contributed by atoms with Gasteiger partial charge in [-0.1, -0.05) is 30.4 Å². The molecule has 0 aliphatic heterocycles. The van der Waals surface area contributed by atoms with E-state index in [-0.39, 0.29) is 6.61 Å². The molecule has 2 aromatic rings. The van der Waals surface area contributed by atoms with Crippen LogP contribution in [0.2, 0.25) is 0 Å². The molecule has 2 aromatic carbocycles. The average Bonchev–Trinajstić information content (AvgIpc) is 2.48. The number of nitrogen functional groups attached to an aromatic ring is 2. The summed E-state index contributed by atoms with van der Waals surface area (Å²) >= 11 is 0. The molecule has 0 heterocycles. The van der Waals surface area contributed by atoms with Crippen LogP contribution in [0.3, 0.4) is 0 Å². The lowest BCUT2D eigenvalue weighted by Gasteiger charge is -2.08. The van der Waals surface area contributed by atoms with Crippen molar-refractivity contribution >= 4 is 23.4 Å². The molecule has 2 rings (SSSR count). The number of allylic oxidation sites excluding steroid dienone is 1. The van der Waals surface area contributed by atoms with Crippen LogP contribution in [0.25, 0.3) is 6.08 Å². The Labute approximate surface area is 124 Å². The molecule has 0 spiro atoms. The molecule has 0 amide bonds. The number of rotatable bonds is 4. The summed E-state index contributed by atoms with van der Waals surface area (Å²) in [6.45, 7) is 2.09. The molecular formula is C17H18N2O2. The second-order valence-corrected chi connectivity index (χ2v) is 4.66. The van der Waals surface area contributed by atoms with Crippen molar-refractivity contribution < 1.29 is 9.53 Å². The molecule has 0 radical (unpaired) electrons. The van der Waals surface area contributed by atoms with Gasteiger partial charge in [-0.15, -0.1) is 0 Å². The maximum atomic E-state index is 12.2. The zero-order chi connectivity index (χ0) is 15.2. The van der Waals surface area contributed by atoms with Crippen LogP contribution >= 0.6 is 0 Å². The summed E-state index contributed by atoms with van der Waals surface area (Å²) < 4.78 is 5.33. The first-order valence-electron chi connectivity index (χ1n) is 6.64. The van der Waals surface area contributed by atoms with Gasteiger partial charge in [0.25, 0.3) is 0 Å². The molecule has 0 saturated carbocycles. The SMILES string of the molecule is C/C=C/c1ccc(N)cc1C(=O)OCc1ccc(N)cc1. The Hall–Kier alpha value is -2.75. The number of hydrogen-bond donors (Lipinski definition) is 2. The van der Waals surface area contributed by atoms with Gasteiger partial charge in [0.15, 0.2) is 0 Å². The highest BCUT2D eigenvalue weighted by molar-refractivity contribution is 5.94. The first kappa shape index (κ1) is 14.7. The Morgan fingerprint density at radius 1 is 1.10 bits per heavy atom. The van der Waals surface area contributed by atoms with E-state index in [9.17, 15) is 4.79 Å². The van der Waals surface area contributed by atoms with Crippen molar-refractivity contribution in [1.82, 2.24) is 0 Å².